The summed E-state index contributed by atoms with van der Waals surface area (Å²) in [6.45, 7) is 7.88. The van der Waals surface area contributed by atoms with E-state index < -0.39 is 29.0 Å². The topological polar surface area (TPSA) is 93.2 Å². The molecule has 3 rings (SSSR count). The van der Waals surface area contributed by atoms with Crippen molar-refractivity contribution < 1.29 is 28.7 Å². The van der Waals surface area contributed by atoms with E-state index in [9.17, 15) is 19.2 Å². The minimum Gasteiger partial charge on any atom is -0.461 e. The number of amides is 2. The van der Waals surface area contributed by atoms with Gasteiger partial charge in [-0.3, -0.25) is 24.2 Å². The lowest BCUT2D eigenvalue weighted by Crippen LogP contribution is -2.71. The molecule has 1 fully saturated rings. The van der Waals surface area contributed by atoms with Crippen LogP contribution in [-0.4, -0.2) is 74.4 Å². The molecule has 0 saturated carbocycles. The van der Waals surface area contributed by atoms with Crippen LogP contribution in [0.2, 0.25) is 0 Å². The second-order valence-corrected chi connectivity index (χ2v) is 11.4. The zero-order chi connectivity index (χ0) is 22.9. The van der Waals surface area contributed by atoms with E-state index in [1.54, 1.807) is 44.3 Å². The van der Waals surface area contributed by atoms with Crippen LogP contribution in [0.15, 0.2) is 21.7 Å². The Balaban J connectivity index is 1.92. The number of thioether (sulfide) groups is 3. The zero-order valence-electron chi connectivity index (χ0n) is 18.1. The number of hydrogen-bond donors (Lipinski definition) is 0. The molecule has 170 valence electrons. The fraction of sp³-hybridized carbons (Fsp3) is 0.600. The second-order valence-electron chi connectivity index (χ2n) is 8.15. The summed E-state index contributed by atoms with van der Waals surface area (Å²) in [4.78, 5) is 53.0. The van der Waals surface area contributed by atoms with Gasteiger partial charge in [0.15, 0.2) is 0 Å². The number of carbonyl (C=O) groups excluding carboxylic acids is 4. The van der Waals surface area contributed by atoms with Gasteiger partial charge in [-0.1, -0.05) is 0 Å². The lowest BCUT2D eigenvalue weighted by molar-refractivity contribution is -0.162. The van der Waals surface area contributed by atoms with Gasteiger partial charge in [0.2, 0.25) is 5.91 Å². The maximum Gasteiger partial charge on any atom is 0.355 e. The van der Waals surface area contributed by atoms with Crippen molar-refractivity contribution in [1.82, 2.24) is 9.80 Å². The second kappa shape index (κ2) is 9.50. The van der Waals surface area contributed by atoms with E-state index in [1.165, 1.54) is 35.4 Å². The average molecular weight is 487 g/mol. The monoisotopic (exact) mass is 486 g/mol. The highest BCUT2D eigenvalue weighted by atomic mass is 32.2. The van der Waals surface area contributed by atoms with Gasteiger partial charge in [0.1, 0.15) is 29.3 Å². The van der Waals surface area contributed by atoms with Crippen molar-refractivity contribution in [3.8, 4) is 0 Å². The molecule has 0 aromatic rings. The predicted molar refractivity (Wildman–Crippen MR) is 122 cm³/mol. The van der Waals surface area contributed by atoms with Crippen LogP contribution in [0.1, 0.15) is 34.6 Å². The van der Waals surface area contributed by atoms with Gasteiger partial charge in [-0.15, -0.1) is 35.3 Å². The molecule has 0 aromatic carbocycles. The van der Waals surface area contributed by atoms with Crippen LogP contribution < -0.4 is 0 Å². The van der Waals surface area contributed by atoms with E-state index in [0.717, 1.165) is 16.5 Å². The molecule has 0 aliphatic carbocycles. The molecule has 2 atom stereocenters. The molecule has 0 aromatic heterocycles. The minimum absolute atomic E-state index is 0.0911. The van der Waals surface area contributed by atoms with Crippen LogP contribution in [0.3, 0.4) is 0 Å². The standard InChI is InChI=1S/C20H26N2O6S3/c1-11(23)21(14-10-29-6-7-30-14)16-17(25)22-15(19(26)28-20(3,4)5)13(8-27-12(2)24)9-31-18(16)22/h10,16,18H,6-9H2,1-5H3. The van der Waals surface area contributed by atoms with Crippen molar-refractivity contribution in [1.29, 1.82) is 0 Å². The number of esters is 2. The van der Waals surface area contributed by atoms with E-state index in [4.69, 9.17) is 9.47 Å². The Labute approximate surface area is 194 Å². The normalized spacial score (nSPS) is 23.5. The Bertz CT molecular complexity index is 863. The number of fused-ring (bicyclic) bond motifs is 1. The molecule has 11 heteroatoms. The molecule has 3 aliphatic heterocycles. The quantitative estimate of drug-likeness (QED) is 0.429. The van der Waals surface area contributed by atoms with Crippen LogP contribution in [0.25, 0.3) is 0 Å². The van der Waals surface area contributed by atoms with Crippen LogP contribution >= 0.6 is 35.3 Å². The van der Waals surface area contributed by atoms with Crippen molar-refractivity contribution >= 4 is 59.0 Å². The van der Waals surface area contributed by atoms with Gasteiger partial charge < -0.3 is 9.47 Å². The maximum absolute atomic E-state index is 13.3. The van der Waals surface area contributed by atoms with E-state index in [1.807, 2.05) is 5.41 Å². The molecule has 0 bridgehead atoms. The van der Waals surface area contributed by atoms with Crippen molar-refractivity contribution in [3.63, 3.8) is 0 Å². The van der Waals surface area contributed by atoms with Gasteiger partial charge >= 0.3 is 11.9 Å². The summed E-state index contributed by atoms with van der Waals surface area (Å²) in [6.07, 6.45) is 0. The SMILES string of the molecule is CC(=O)OCC1=C(C(=O)OC(C)(C)C)N2C(=O)C(N(C(C)=O)C3=CSCCS3)C2SC1. The number of β-lactam (4-membered cyclic amide) rings is 1. The highest BCUT2D eigenvalue weighted by molar-refractivity contribution is 8.09. The Kier molecular flexibility index (Phi) is 7.37. The Morgan fingerprint density at radius 2 is 1.94 bits per heavy atom. The molecule has 0 N–H and O–H groups in total. The Hall–Kier alpha value is -1.59. The highest BCUT2D eigenvalue weighted by Crippen LogP contribution is 2.45. The lowest BCUT2D eigenvalue weighted by atomic mass is 10.0. The van der Waals surface area contributed by atoms with E-state index in [2.05, 4.69) is 0 Å². The van der Waals surface area contributed by atoms with Crippen LogP contribution in [0.5, 0.6) is 0 Å². The van der Waals surface area contributed by atoms with Crippen molar-refractivity contribution in [2.24, 2.45) is 0 Å². The molecular formula is C20H26N2O6S3. The van der Waals surface area contributed by atoms with E-state index in [-0.39, 0.29) is 24.1 Å². The summed E-state index contributed by atoms with van der Waals surface area (Å²) in [5, 5.41) is 2.26. The number of ether oxygens (including phenoxy) is 2. The molecule has 2 amide bonds. The molecule has 31 heavy (non-hydrogen) atoms. The van der Waals surface area contributed by atoms with Crippen molar-refractivity contribution in [2.75, 3.05) is 23.9 Å². The zero-order valence-corrected chi connectivity index (χ0v) is 20.6. The molecule has 3 heterocycles. The molecule has 2 unspecified atom stereocenters. The first-order valence-corrected chi connectivity index (χ1v) is 12.9. The maximum atomic E-state index is 13.3. The smallest absolute Gasteiger partial charge is 0.355 e. The molecular weight excluding hydrogens is 460 g/mol. The molecule has 0 spiro atoms. The van der Waals surface area contributed by atoms with Gasteiger partial charge in [0.25, 0.3) is 5.91 Å². The summed E-state index contributed by atoms with van der Waals surface area (Å²) >= 11 is 4.61. The number of carbonyl (C=O) groups is 4. The molecule has 1 saturated heterocycles. The summed E-state index contributed by atoms with van der Waals surface area (Å²) < 4.78 is 10.6. The Morgan fingerprint density at radius 3 is 2.48 bits per heavy atom. The summed E-state index contributed by atoms with van der Waals surface area (Å²) in [6, 6.07) is -0.687. The van der Waals surface area contributed by atoms with E-state index >= 15 is 0 Å². The van der Waals surface area contributed by atoms with Crippen molar-refractivity contribution in [2.45, 2.75) is 51.6 Å². The summed E-state index contributed by atoms with van der Waals surface area (Å²) in [7, 11) is 0. The molecule has 0 radical (unpaired) electrons. The predicted octanol–water partition coefficient (Wildman–Crippen LogP) is 2.56. The van der Waals surface area contributed by atoms with Gasteiger partial charge in [-0.05, 0) is 20.8 Å². The van der Waals surface area contributed by atoms with Gasteiger partial charge in [0.05, 0.1) is 5.03 Å². The average Bonchev–Trinajstić information content (AvgIpc) is 2.68. The van der Waals surface area contributed by atoms with Crippen molar-refractivity contribution in [3.05, 3.63) is 21.7 Å². The van der Waals surface area contributed by atoms with Gasteiger partial charge in [-0.25, -0.2) is 4.79 Å². The van der Waals surface area contributed by atoms with Crippen LogP contribution in [-0.2, 0) is 28.7 Å². The lowest BCUT2D eigenvalue weighted by Gasteiger charge is -2.53. The first-order valence-electron chi connectivity index (χ1n) is 9.79. The first kappa shape index (κ1) is 24.1. The third kappa shape index (κ3) is 5.25. The minimum atomic E-state index is -0.754. The molecule has 8 nitrogen and oxygen atoms in total. The van der Waals surface area contributed by atoms with Crippen LogP contribution in [0, 0.1) is 0 Å². The third-order valence-corrected chi connectivity index (χ3v) is 8.13. The molecule has 3 aliphatic rings. The first-order chi connectivity index (χ1) is 14.5. The summed E-state index contributed by atoms with van der Waals surface area (Å²) in [5.74, 6) is 0.533. The number of hydrogen-bond acceptors (Lipinski definition) is 9. The largest absolute Gasteiger partial charge is 0.461 e. The van der Waals surface area contributed by atoms with Gasteiger partial charge in [0, 0.05) is 42.1 Å². The fourth-order valence-corrected chi connectivity index (χ4v) is 6.89. The third-order valence-electron chi connectivity index (χ3n) is 4.55. The number of rotatable bonds is 5. The van der Waals surface area contributed by atoms with Crippen LogP contribution in [0.4, 0.5) is 0 Å². The summed E-state index contributed by atoms with van der Waals surface area (Å²) in [5.41, 5.74) is -0.117. The van der Waals surface area contributed by atoms with Gasteiger partial charge in [-0.2, -0.15) is 0 Å². The van der Waals surface area contributed by atoms with E-state index in [0.29, 0.717) is 11.3 Å². The number of nitrogens with zero attached hydrogens (tertiary/aromatic N) is 2. The fourth-order valence-electron chi connectivity index (χ4n) is 3.36. The highest BCUT2D eigenvalue weighted by Gasteiger charge is 2.57. The Morgan fingerprint density at radius 1 is 1.23 bits per heavy atom.